The Morgan fingerprint density at radius 1 is 1.32 bits per heavy atom. The van der Waals surface area contributed by atoms with E-state index in [0.29, 0.717) is 18.3 Å². The molecule has 2 aliphatic heterocycles. The molecule has 0 aliphatic carbocycles. The molecule has 0 radical (unpaired) electrons. The normalized spacial score (nSPS) is 21.6. The summed E-state index contributed by atoms with van der Waals surface area (Å²) in [4.78, 5) is 6.71. The Kier molecular flexibility index (Phi) is 3.56. The van der Waals surface area contributed by atoms with Crippen LogP contribution in [0.25, 0.3) is 0 Å². The summed E-state index contributed by atoms with van der Waals surface area (Å²) in [7, 11) is 0. The summed E-state index contributed by atoms with van der Waals surface area (Å²) in [5.41, 5.74) is 2.59. The second-order valence-electron chi connectivity index (χ2n) is 5.78. The number of hydrogen-bond acceptors (Lipinski definition) is 6. The molecule has 2 aliphatic rings. The third-order valence-corrected chi connectivity index (χ3v) is 4.21. The molecule has 22 heavy (non-hydrogen) atoms. The van der Waals surface area contributed by atoms with Crippen LogP contribution >= 0.6 is 0 Å². The lowest BCUT2D eigenvalue weighted by Gasteiger charge is -2.33. The molecule has 1 saturated heterocycles. The number of hydrogen-bond donors (Lipinski definition) is 0. The van der Waals surface area contributed by atoms with Gasteiger partial charge in [0.05, 0.1) is 19.8 Å². The molecule has 1 aromatic heterocycles. The third kappa shape index (κ3) is 2.60. The molecule has 0 amide bonds. The Balaban J connectivity index is 1.54. The van der Waals surface area contributed by atoms with E-state index in [9.17, 15) is 0 Å². The third-order valence-electron chi connectivity index (χ3n) is 4.21. The summed E-state index contributed by atoms with van der Waals surface area (Å²) in [5, 5.41) is 3.90. The number of fused-ring (bicyclic) bond motifs is 1. The zero-order valence-electron chi connectivity index (χ0n) is 12.6. The van der Waals surface area contributed by atoms with E-state index in [2.05, 4.69) is 33.2 Å². The molecule has 0 spiro atoms. The van der Waals surface area contributed by atoms with Crippen LogP contribution in [0.4, 0.5) is 0 Å². The van der Waals surface area contributed by atoms with E-state index in [1.54, 1.807) is 0 Å². The Hall–Kier alpha value is -1.92. The van der Waals surface area contributed by atoms with Crippen molar-refractivity contribution < 1.29 is 14.0 Å². The molecule has 2 aromatic rings. The summed E-state index contributed by atoms with van der Waals surface area (Å²) in [5.74, 6) is 2.33. The van der Waals surface area contributed by atoms with Crippen molar-refractivity contribution in [3.63, 3.8) is 0 Å². The predicted molar refractivity (Wildman–Crippen MR) is 78.6 cm³/mol. The van der Waals surface area contributed by atoms with Crippen LogP contribution in [-0.4, -0.2) is 41.4 Å². The maximum atomic E-state index is 5.60. The van der Waals surface area contributed by atoms with Crippen LogP contribution in [0.15, 0.2) is 22.7 Å². The molecule has 1 unspecified atom stereocenters. The van der Waals surface area contributed by atoms with Crippen LogP contribution in [0.1, 0.15) is 28.9 Å². The zero-order valence-corrected chi connectivity index (χ0v) is 12.6. The summed E-state index contributed by atoms with van der Waals surface area (Å²) in [6.45, 7) is 5.66. The maximum absolute atomic E-state index is 5.60. The molecular weight excluding hydrogens is 282 g/mol. The van der Waals surface area contributed by atoms with Crippen molar-refractivity contribution in [2.45, 2.75) is 25.9 Å². The molecule has 6 nitrogen and oxygen atoms in total. The highest BCUT2D eigenvalue weighted by atomic mass is 16.5. The molecule has 116 valence electrons. The van der Waals surface area contributed by atoms with E-state index < -0.39 is 0 Å². The number of aryl methyl sites for hydroxylation is 1. The first kappa shape index (κ1) is 13.7. The lowest BCUT2D eigenvalue weighted by Crippen LogP contribution is -2.39. The van der Waals surface area contributed by atoms with Gasteiger partial charge in [0.15, 0.2) is 5.82 Å². The van der Waals surface area contributed by atoms with Crippen molar-refractivity contribution in [2.75, 3.05) is 26.4 Å². The first-order valence-electron chi connectivity index (χ1n) is 7.66. The van der Waals surface area contributed by atoms with Gasteiger partial charge in [-0.3, -0.25) is 4.90 Å². The first-order valence-corrected chi connectivity index (χ1v) is 7.66. The van der Waals surface area contributed by atoms with Gasteiger partial charge in [0.2, 0.25) is 5.89 Å². The van der Waals surface area contributed by atoms with Crippen molar-refractivity contribution >= 4 is 0 Å². The molecule has 4 rings (SSSR count). The lowest BCUT2D eigenvalue weighted by molar-refractivity contribution is -0.0241. The van der Waals surface area contributed by atoms with Crippen molar-refractivity contribution in [1.29, 1.82) is 0 Å². The summed E-state index contributed by atoms with van der Waals surface area (Å²) in [6, 6.07) is 6.48. The average molecular weight is 301 g/mol. The van der Waals surface area contributed by atoms with Crippen molar-refractivity contribution in [1.82, 2.24) is 15.0 Å². The van der Waals surface area contributed by atoms with Crippen LogP contribution < -0.4 is 4.74 Å². The number of nitrogens with zero attached hydrogens (tertiary/aromatic N) is 3. The number of ether oxygens (including phenoxy) is 2. The summed E-state index contributed by atoms with van der Waals surface area (Å²) >= 11 is 0. The minimum Gasteiger partial charge on any atom is -0.493 e. The Morgan fingerprint density at radius 3 is 3.14 bits per heavy atom. The molecule has 0 saturated carbocycles. The van der Waals surface area contributed by atoms with Crippen LogP contribution in [0, 0.1) is 6.92 Å². The summed E-state index contributed by atoms with van der Waals surface area (Å²) < 4.78 is 16.5. The fourth-order valence-corrected chi connectivity index (χ4v) is 3.08. The smallest absolute Gasteiger partial charge is 0.246 e. The quantitative estimate of drug-likeness (QED) is 0.863. The van der Waals surface area contributed by atoms with Gasteiger partial charge in [-0.15, -0.1) is 0 Å². The number of morpholine rings is 1. The summed E-state index contributed by atoms with van der Waals surface area (Å²) in [6.07, 6.45) is 0.999. The first-order chi connectivity index (χ1) is 10.8. The van der Waals surface area contributed by atoms with E-state index in [0.717, 1.165) is 38.5 Å². The van der Waals surface area contributed by atoms with Gasteiger partial charge in [-0.25, -0.2) is 0 Å². The molecule has 0 bridgehead atoms. The minimum absolute atomic E-state index is 0.0273. The largest absolute Gasteiger partial charge is 0.493 e. The fraction of sp³-hybridized carbons (Fsp3) is 0.500. The van der Waals surface area contributed by atoms with Gasteiger partial charge in [-0.1, -0.05) is 17.3 Å². The monoisotopic (exact) mass is 301 g/mol. The number of benzene rings is 1. The predicted octanol–water partition coefficient (Wildman–Crippen LogP) is 1.89. The lowest BCUT2D eigenvalue weighted by atomic mass is 10.1. The fourth-order valence-electron chi connectivity index (χ4n) is 3.08. The molecule has 3 heterocycles. The van der Waals surface area contributed by atoms with Crippen LogP contribution in [-0.2, 0) is 17.7 Å². The molecule has 1 aromatic carbocycles. The molecule has 1 fully saturated rings. The highest BCUT2D eigenvalue weighted by Crippen LogP contribution is 2.29. The molecule has 6 heteroatoms. The van der Waals surface area contributed by atoms with Crippen molar-refractivity contribution in [2.24, 2.45) is 0 Å². The second kappa shape index (κ2) is 5.70. The van der Waals surface area contributed by atoms with Crippen LogP contribution in [0.5, 0.6) is 5.75 Å². The Morgan fingerprint density at radius 2 is 2.27 bits per heavy atom. The second-order valence-corrected chi connectivity index (χ2v) is 5.78. The van der Waals surface area contributed by atoms with Crippen molar-refractivity contribution in [3.05, 3.63) is 41.0 Å². The van der Waals surface area contributed by atoms with Gasteiger partial charge in [0, 0.05) is 19.5 Å². The molecular formula is C16H19N3O3. The Bertz CT molecular complexity index is 670. The van der Waals surface area contributed by atoms with Gasteiger partial charge in [0.1, 0.15) is 11.8 Å². The van der Waals surface area contributed by atoms with Crippen molar-refractivity contribution in [3.8, 4) is 5.75 Å². The van der Waals surface area contributed by atoms with E-state index >= 15 is 0 Å². The maximum Gasteiger partial charge on any atom is 0.246 e. The number of aromatic nitrogens is 2. The zero-order chi connectivity index (χ0) is 14.9. The Labute approximate surface area is 129 Å². The number of rotatable bonds is 3. The van der Waals surface area contributed by atoms with Gasteiger partial charge in [-0.05, 0) is 24.1 Å². The average Bonchev–Trinajstić information content (AvgIpc) is 3.16. The highest BCUT2D eigenvalue weighted by molar-refractivity contribution is 5.39. The minimum atomic E-state index is 0.0273. The SMILES string of the molecule is Cc1noc(C2COCCN2Cc2ccc3c(c2)CCO3)n1. The van der Waals surface area contributed by atoms with E-state index in [4.69, 9.17) is 14.0 Å². The van der Waals surface area contributed by atoms with E-state index in [1.165, 1.54) is 11.1 Å². The molecule has 1 atom stereocenters. The van der Waals surface area contributed by atoms with Crippen LogP contribution in [0.2, 0.25) is 0 Å². The van der Waals surface area contributed by atoms with E-state index in [1.807, 2.05) is 6.92 Å². The van der Waals surface area contributed by atoms with Gasteiger partial charge in [-0.2, -0.15) is 4.98 Å². The molecule has 0 N–H and O–H groups in total. The van der Waals surface area contributed by atoms with Gasteiger partial charge in [0.25, 0.3) is 0 Å². The van der Waals surface area contributed by atoms with Gasteiger partial charge >= 0.3 is 0 Å². The van der Waals surface area contributed by atoms with Crippen LogP contribution in [0.3, 0.4) is 0 Å². The van der Waals surface area contributed by atoms with Gasteiger partial charge < -0.3 is 14.0 Å². The standard InChI is InChI=1S/C16H19N3O3/c1-11-17-16(22-18-11)14-10-20-7-5-19(14)9-12-2-3-15-13(8-12)4-6-21-15/h2-3,8,14H,4-7,9-10H2,1H3. The topological polar surface area (TPSA) is 60.6 Å². The van der Waals surface area contributed by atoms with E-state index in [-0.39, 0.29) is 6.04 Å². The highest BCUT2D eigenvalue weighted by Gasteiger charge is 2.29.